The number of nitrogens with one attached hydrogen (secondary N) is 2. The lowest BCUT2D eigenvalue weighted by Crippen LogP contribution is -2.34. The van der Waals surface area contributed by atoms with Gasteiger partial charge in [-0.1, -0.05) is 36.8 Å². The van der Waals surface area contributed by atoms with E-state index >= 15 is 0 Å². The SMILES string of the molecule is CC[C@H](C)NC(=O)c1ccccc1NC(=O)[C@@H](C)Oc1ccc(C)cc1. The second-order valence-corrected chi connectivity index (χ2v) is 6.39. The Bertz CT molecular complexity index is 756. The minimum absolute atomic E-state index is 0.0649. The maximum absolute atomic E-state index is 12.5. The fourth-order valence-corrected chi connectivity index (χ4v) is 2.30. The number of ether oxygens (including phenoxy) is 1. The standard InChI is InChI=1S/C21H26N2O3/c1-5-15(3)22-21(25)18-8-6-7-9-19(18)23-20(24)16(4)26-17-12-10-14(2)11-13-17/h6-13,15-16H,5H2,1-4H3,(H,22,25)(H,23,24)/t15-,16+/m0/s1. The number of anilines is 1. The number of benzene rings is 2. The lowest BCUT2D eigenvalue weighted by Gasteiger charge is -2.17. The van der Waals surface area contributed by atoms with Gasteiger partial charge in [-0.05, 0) is 51.5 Å². The van der Waals surface area contributed by atoms with Crippen molar-refractivity contribution >= 4 is 17.5 Å². The molecule has 0 saturated heterocycles. The van der Waals surface area contributed by atoms with E-state index in [9.17, 15) is 9.59 Å². The summed E-state index contributed by atoms with van der Waals surface area (Å²) in [7, 11) is 0. The molecule has 2 atom stereocenters. The zero-order valence-corrected chi connectivity index (χ0v) is 15.7. The summed E-state index contributed by atoms with van der Waals surface area (Å²) >= 11 is 0. The van der Waals surface area contributed by atoms with Crippen LogP contribution in [-0.2, 0) is 4.79 Å². The molecule has 2 amide bonds. The van der Waals surface area contributed by atoms with Crippen LogP contribution in [0.3, 0.4) is 0 Å². The number of carbonyl (C=O) groups is 2. The highest BCUT2D eigenvalue weighted by Crippen LogP contribution is 2.18. The van der Waals surface area contributed by atoms with Crippen LogP contribution in [-0.4, -0.2) is 24.0 Å². The molecule has 2 aromatic rings. The molecule has 0 unspecified atom stereocenters. The summed E-state index contributed by atoms with van der Waals surface area (Å²) in [5.74, 6) is 0.109. The van der Waals surface area contributed by atoms with Crippen molar-refractivity contribution in [3.8, 4) is 5.75 Å². The van der Waals surface area contributed by atoms with Crippen LogP contribution in [0.4, 0.5) is 5.69 Å². The monoisotopic (exact) mass is 354 g/mol. The van der Waals surface area contributed by atoms with Gasteiger partial charge in [-0.3, -0.25) is 9.59 Å². The molecule has 0 aliphatic carbocycles. The number of rotatable bonds is 7. The van der Waals surface area contributed by atoms with Gasteiger partial charge in [-0.15, -0.1) is 0 Å². The Morgan fingerprint density at radius 1 is 1.04 bits per heavy atom. The summed E-state index contributed by atoms with van der Waals surface area (Å²) in [5, 5.41) is 5.70. The first-order chi connectivity index (χ1) is 12.4. The zero-order valence-electron chi connectivity index (χ0n) is 15.7. The molecule has 0 aliphatic heterocycles. The smallest absolute Gasteiger partial charge is 0.265 e. The third-order valence-corrected chi connectivity index (χ3v) is 4.12. The average molecular weight is 354 g/mol. The first-order valence-corrected chi connectivity index (χ1v) is 8.84. The summed E-state index contributed by atoms with van der Waals surface area (Å²) in [4.78, 5) is 24.9. The van der Waals surface area contributed by atoms with Gasteiger partial charge < -0.3 is 15.4 Å². The molecule has 0 saturated carbocycles. The Balaban J connectivity index is 2.06. The lowest BCUT2D eigenvalue weighted by atomic mass is 10.1. The third-order valence-electron chi connectivity index (χ3n) is 4.12. The van der Waals surface area contributed by atoms with Crippen LogP contribution in [0, 0.1) is 6.92 Å². The summed E-state index contributed by atoms with van der Waals surface area (Å²) in [6, 6.07) is 14.5. The fraction of sp³-hybridized carbons (Fsp3) is 0.333. The van der Waals surface area contributed by atoms with E-state index < -0.39 is 6.10 Å². The van der Waals surface area contributed by atoms with Crippen LogP contribution in [0.5, 0.6) is 5.75 Å². The van der Waals surface area contributed by atoms with E-state index in [2.05, 4.69) is 10.6 Å². The van der Waals surface area contributed by atoms with Gasteiger partial charge in [0.15, 0.2) is 6.10 Å². The second kappa shape index (κ2) is 9.04. The van der Waals surface area contributed by atoms with Crippen molar-refractivity contribution in [1.82, 2.24) is 5.32 Å². The third kappa shape index (κ3) is 5.34. The van der Waals surface area contributed by atoms with E-state index in [0.717, 1.165) is 12.0 Å². The van der Waals surface area contributed by atoms with Crippen molar-refractivity contribution in [3.05, 3.63) is 59.7 Å². The first kappa shape index (κ1) is 19.5. The number of para-hydroxylation sites is 1. The Hall–Kier alpha value is -2.82. The summed E-state index contributed by atoms with van der Waals surface area (Å²) in [5.41, 5.74) is 2.03. The predicted molar refractivity (Wildman–Crippen MR) is 104 cm³/mol. The van der Waals surface area contributed by atoms with Crippen molar-refractivity contribution in [2.24, 2.45) is 0 Å². The van der Waals surface area contributed by atoms with E-state index in [1.165, 1.54) is 0 Å². The Morgan fingerprint density at radius 2 is 1.69 bits per heavy atom. The fourth-order valence-electron chi connectivity index (χ4n) is 2.30. The highest BCUT2D eigenvalue weighted by atomic mass is 16.5. The highest BCUT2D eigenvalue weighted by molar-refractivity contribution is 6.04. The van der Waals surface area contributed by atoms with Gasteiger partial charge in [0.05, 0.1) is 11.3 Å². The van der Waals surface area contributed by atoms with Crippen molar-refractivity contribution in [3.63, 3.8) is 0 Å². The van der Waals surface area contributed by atoms with Crippen LogP contribution >= 0.6 is 0 Å². The van der Waals surface area contributed by atoms with Crippen molar-refractivity contribution in [2.45, 2.75) is 46.3 Å². The summed E-state index contributed by atoms with van der Waals surface area (Å²) in [6.07, 6.45) is 0.144. The number of carbonyl (C=O) groups excluding carboxylic acids is 2. The number of hydrogen-bond donors (Lipinski definition) is 2. The molecule has 0 heterocycles. The molecule has 5 heteroatoms. The van der Waals surface area contributed by atoms with E-state index in [4.69, 9.17) is 4.74 Å². The average Bonchev–Trinajstić information content (AvgIpc) is 2.63. The molecule has 0 radical (unpaired) electrons. The van der Waals surface area contributed by atoms with Crippen LogP contribution < -0.4 is 15.4 Å². The molecule has 0 aromatic heterocycles. The molecule has 0 fully saturated rings. The molecule has 2 aromatic carbocycles. The van der Waals surface area contributed by atoms with Gasteiger partial charge in [-0.25, -0.2) is 0 Å². The zero-order chi connectivity index (χ0) is 19.1. The molecule has 26 heavy (non-hydrogen) atoms. The second-order valence-electron chi connectivity index (χ2n) is 6.39. The molecular formula is C21H26N2O3. The van der Waals surface area contributed by atoms with Crippen LogP contribution in [0.2, 0.25) is 0 Å². The van der Waals surface area contributed by atoms with Crippen molar-refractivity contribution in [2.75, 3.05) is 5.32 Å². The van der Waals surface area contributed by atoms with Crippen molar-refractivity contribution in [1.29, 1.82) is 0 Å². The lowest BCUT2D eigenvalue weighted by molar-refractivity contribution is -0.122. The minimum atomic E-state index is -0.691. The van der Waals surface area contributed by atoms with Crippen LogP contribution in [0.25, 0.3) is 0 Å². The molecular weight excluding hydrogens is 328 g/mol. The van der Waals surface area contributed by atoms with E-state index in [-0.39, 0.29) is 17.9 Å². The number of amides is 2. The Morgan fingerprint density at radius 3 is 2.35 bits per heavy atom. The summed E-state index contributed by atoms with van der Waals surface area (Å²) < 4.78 is 5.67. The maximum Gasteiger partial charge on any atom is 0.265 e. The van der Waals surface area contributed by atoms with E-state index in [1.807, 2.05) is 45.0 Å². The van der Waals surface area contributed by atoms with Gasteiger partial charge in [0.1, 0.15) is 5.75 Å². The maximum atomic E-state index is 12.5. The largest absolute Gasteiger partial charge is 0.481 e. The van der Waals surface area contributed by atoms with Crippen molar-refractivity contribution < 1.29 is 14.3 Å². The van der Waals surface area contributed by atoms with Gasteiger partial charge in [0, 0.05) is 6.04 Å². The molecule has 0 bridgehead atoms. The summed E-state index contributed by atoms with van der Waals surface area (Å²) in [6.45, 7) is 7.61. The van der Waals surface area contributed by atoms with Gasteiger partial charge >= 0.3 is 0 Å². The molecule has 0 spiro atoms. The first-order valence-electron chi connectivity index (χ1n) is 8.84. The van der Waals surface area contributed by atoms with E-state index in [0.29, 0.717) is 17.0 Å². The quantitative estimate of drug-likeness (QED) is 0.792. The molecule has 138 valence electrons. The van der Waals surface area contributed by atoms with E-state index in [1.54, 1.807) is 31.2 Å². The molecule has 2 rings (SSSR count). The predicted octanol–water partition coefficient (Wildman–Crippen LogP) is 3.93. The van der Waals surface area contributed by atoms with Gasteiger partial charge in [0.2, 0.25) is 0 Å². The molecule has 5 nitrogen and oxygen atoms in total. The number of hydrogen-bond acceptors (Lipinski definition) is 3. The molecule has 2 N–H and O–H groups in total. The Labute approximate surface area is 154 Å². The van der Waals surface area contributed by atoms with Crippen LogP contribution in [0.1, 0.15) is 43.1 Å². The Kier molecular flexibility index (Phi) is 6.78. The number of aryl methyl sites for hydroxylation is 1. The molecule has 0 aliphatic rings. The minimum Gasteiger partial charge on any atom is -0.481 e. The van der Waals surface area contributed by atoms with Gasteiger partial charge in [0.25, 0.3) is 11.8 Å². The van der Waals surface area contributed by atoms with Gasteiger partial charge in [-0.2, -0.15) is 0 Å². The topological polar surface area (TPSA) is 67.4 Å². The van der Waals surface area contributed by atoms with Crippen LogP contribution in [0.15, 0.2) is 48.5 Å². The highest BCUT2D eigenvalue weighted by Gasteiger charge is 2.19. The normalized spacial score (nSPS) is 12.8.